The number of thiazole rings is 1. The quantitative estimate of drug-likeness (QED) is 0.426. The van der Waals surface area contributed by atoms with Crippen LogP contribution in [0, 0.1) is 5.82 Å². The van der Waals surface area contributed by atoms with Gasteiger partial charge in [-0.15, -0.1) is 11.3 Å². The van der Waals surface area contributed by atoms with Crippen molar-refractivity contribution in [3.63, 3.8) is 0 Å². The predicted octanol–water partition coefficient (Wildman–Crippen LogP) is 6.18. The first-order chi connectivity index (χ1) is 13.2. The highest BCUT2D eigenvalue weighted by Crippen LogP contribution is 2.23. The van der Waals surface area contributed by atoms with Crippen LogP contribution in [0.1, 0.15) is 32.6 Å². The van der Waals surface area contributed by atoms with E-state index in [4.69, 9.17) is 9.73 Å². The fraction of sp³-hybridized carbons (Fsp3) is 0.318. The van der Waals surface area contributed by atoms with E-state index in [1.807, 2.05) is 36.4 Å². The van der Waals surface area contributed by atoms with Crippen LogP contribution >= 0.6 is 11.3 Å². The summed E-state index contributed by atoms with van der Waals surface area (Å²) in [5.41, 5.74) is 2.99. The molecule has 1 aromatic heterocycles. The van der Waals surface area contributed by atoms with E-state index in [2.05, 4.69) is 16.9 Å². The first-order valence-electron chi connectivity index (χ1n) is 9.34. The first-order valence-corrected chi connectivity index (χ1v) is 10.2. The predicted molar refractivity (Wildman–Crippen MR) is 110 cm³/mol. The zero-order chi connectivity index (χ0) is 19.1. The average molecular weight is 385 g/mol. The van der Waals surface area contributed by atoms with Crippen LogP contribution in [0.3, 0.4) is 0 Å². The van der Waals surface area contributed by atoms with E-state index >= 15 is 0 Å². The van der Waals surface area contributed by atoms with E-state index in [-0.39, 0.29) is 5.82 Å². The minimum atomic E-state index is -0.216. The molecule has 0 aliphatic rings. The Hall–Kier alpha value is -2.40. The molecule has 0 atom stereocenters. The molecule has 27 heavy (non-hydrogen) atoms. The van der Waals surface area contributed by atoms with Gasteiger partial charge in [-0.2, -0.15) is 0 Å². The van der Waals surface area contributed by atoms with Crippen molar-refractivity contribution in [2.24, 2.45) is 4.99 Å². The van der Waals surface area contributed by atoms with Crippen molar-refractivity contribution in [3.8, 4) is 17.0 Å². The van der Waals surface area contributed by atoms with Crippen LogP contribution in [0.2, 0.25) is 0 Å². The molecule has 0 N–H and O–H groups in total. The fourth-order valence-corrected chi connectivity index (χ4v) is 3.91. The Morgan fingerprint density at radius 1 is 1.00 bits per heavy atom. The Bertz CT molecular complexity index is 911. The van der Waals surface area contributed by atoms with Crippen molar-refractivity contribution in [2.45, 2.75) is 39.2 Å². The number of unbranched alkanes of at least 4 members (excludes halogenated alkanes) is 3. The van der Waals surface area contributed by atoms with Gasteiger partial charge in [-0.25, -0.2) is 9.38 Å². The van der Waals surface area contributed by atoms with Crippen molar-refractivity contribution in [2.75, 3.05) is 7.11 Å². The molecule has 3 nitrogen and oxygen atoms in total. The summed E-state index contributed by atoms with van der Waals surface area (Å²) in [7, 11) is 1.66. The maximum atomic E-state index is 13.3. The summed E-state index contributed by atoms with van der Waals surface area (Å²) in [5.74, 6) is 0.603. The molecule has 0 aliphatic heterocycles. The van der Waals surface area contributed by atoms with Gasteiger partial charge in [-0.05, 0) is 60.5 Å². The normalized spacial score (nSPS) is 11.7. The van der Waals surface area contributed by atoms with Gasteiger partial charge in [0.2, 0.25) is 0 Å². The lowest BCUT2D eigenvalue weighted by Crippen LogP contribution is -2.16. The standard InChI is InChI=1S/C22H25FN2OS/c1-3-4-5-6-15-25-21(17-7-9-18(23)10-8-17)16-27-22(25)24-19-11-13-20(26-2)14-12-19/h7-14,16H,3-6,15H2,1-2H3. The van der Waals surface area contributed by atoms with Gasteiger partial charge in [0.25, 0.3) is 0 Å². The number of nitrogens with zero attached hydrogens (tertiary/aromatic N) is 2. The highest BCUT2D eigenvalue weighted by molar-refractivity contribution is 7.07. The van der Waals surface area contributed by atoms with E-state index in [9.17, 15) is 4.39 Å². The number of benzene rings is 2. The average Bonchev–Trinajstić information content (AvgIpc) is 3.09. The lowest BCUT2D eigenvalue weighted by molar-refractivity contribution is 0.415. The second-order valence-electron chi connectivity index (χ2n) is 6.43. The fourth-order valence-electron chi connectivity index (χ4n) is 2.95. The van der Waals surface area contributed by atoms with Gasteiger partial charge in [0.1, 0.15) is 11.6 Å². The van der Waals surface area contributed by atoms with Crippen molar-refractivity contribution in [1.29, 1.82) is 0 Å². The molecular weight excluding hydrogens is 359 g/mol. The van der Waals surface area contributed by atoms with E-state index in [0.29, 0.717) is 0 Å². The summed E-state index contributed by atoms with van der Waals surface area (Å²) < 4.78 is 20.8. The number of rotatable bonds is 8. The number of aromatic nitrogens is 1. The Morgan fingerprint density at radius 3 is 2.41 bits per heavy atom. The van der Waals surface area contributed by atoms with Gasteiger partial charge in [-0.3, -0.25) is 0 Å². The molecule has 0 amide bonds. The molecule has 3 aromatic rings. The summed E-state index contributed by atoms with van der Waals surface area (Å²) in [4.78, 5) is 5.79. The largest absolute Gasteiger partial charge is 0.497 e. The minimum absolute atomic E-state index is 0.216. The van der Waals surface area contributed by atoms with Gasteiger partial charge in [0.15, 0.2) is 4.80 Å². The highest BCUT2D eigenvalue weighted by Gasteiger charge is 2.08. The highest BCUT2D eigenvalue weighted by atomic mass is 32.1. The smallest absolute Gasteiger partial charge is 0.190 e. The number of methoxy groups -OCH3 is 1. The molecule has 0 radical (unpaired) electrons. The first kappa shape index (κ1) is 19.4. The van der Waals surface area contributed by atoms with Crippen LogP contribution in [0.15, 0.2) is 58.9 Å². The van der Waals surface area contributed by atoms with Gasteiger partial charge in [-0.1, -0.05) is 26.2 Å². The van der Waals surface area contributed by atoms with Crippen molar-refractivity contribution in [3.05, 3.63) is 64.5 Å². The molecule has 0 fully saturated rings. The summed E-state index contributed by atoms with van der Waals surface area (Å²) in [6.07, 6.45) is 4.75. The van der Waals surface area contributed by atoms with Crippen molar-refractivity contribution in [1.82, 2.24) is 4.57 Å². The van der Waals surface area contributed by atoms with E-state index < -0.39 is 0 Å². The summed E-state index contributed by atoms with van der Waals surface area (Å²) >= 11 is 1.62. The maximum absolute atomic E-state index is 13.3. The van der Waals surface area contributed by atoms with Gasteiger partial charge >= 0.3 is 0 Å². The molecule has 0 aliphatic carbocycles. The molecule has 0 saturated heterocycles. The van der Waals surface area contributed by atoms with Crippen molar-refractivity contribution < 1.29 is 9.13 Å². The summed E-state index contributed by atoms with van der Waals surface area (Å²) in [6, 6.07) is 14.4. The molecule has 0 bridgehead atoms. The molecule has 142 valence electrons. The SMILES string of the molecule is CCCCCCn1c(-c2ccc(F)cc2)csc1=Nc1ccc(OC)cc1. The van der Waals surface area contributed by atoms with Crippen molar-refractivity contribution >= 4 is 17.0 Å². The molecule has 5 heteroatoms. The second kappa shape index (κ2) is 9.51. The van der Waals surface area contributed by atoms with Gasteiger partial charge in [0.05, 0.1) is 18.5 Å². The van der Waals surface area contributed by atoms with Crippen LogP contribution in [-0.4, -0.2) is 11.7 Å². The van der Waals surface area contributed by atoms with Crippen LogP contribution < -0.4 is 9.54 Å². The monoisotopic (exact) mass is 384 g/mol. The molecule has 0 saturated carbocycles. The van der Waals surface area contributed by atoms with E-state index in [0.717, 1.165) is 40.5 Å². The molecule has 0 spiro atoms. The number of halogens is 1. The van der Waals surface area contributed by atoms with Crippen LogP contribution in [-0.2, 0) is 6.54 Å². The maximum Gasteiger partial charge on any atom is 0.190 e. The number of ether oxygens (including phenoxy) is 1. The summed E-state index contributed by atoms with van der Waals surface area (Å²) in [5, 5.41) is 2.11. The van der Waals surface area contributed by atoms with E-state index in [1.54, 1.807) is 18.4 Å². The molecule has 3 rings (SSSR count). The third-order valence-corrected chi connectivity index (χ3v) is 5.33. The van der Waals surface area contributed by atoms with E-state index in [1.165, 1.54) is 31.4 Å². The third-order valence-electron chi connectivity index (χ3n) is 4.47. The Kier molecular flexibility index (Phi) is 6.82. The zero-order valence-electron chi connectivity index (χ0n) is 15.8. The molecular formula is C22H25FN2OS. The second-order valence-corrected chi connectivity index (χ2v) is 7.27. The lowest BCUT2D eigenvalue weighted by Gasteiger charge is -2.09. The zero-order valence-corrected chi connectivity index (χ0v) is 16.6. The summed E-state index contributed by atoms with van der Waals surface area (Å²) in [6.45, 7) is 3.12. The number of hydrogen-bond donors (Lipinski definition) is 0. The van der Waals surface area contributed by atoms with Crippen LogP contribution in [0.5, 0.6) is 5.75 Å². The van der Waals surface area contributed by atoms with Gasteiger partial charge in [0, 0.05) is 11.9 Å². The topological polar surface area (TPSA) is 26.5 Å². The molecule has 0 unspecified atom stereocenters. The number of hydrogen-bond acceptors (Lipinski definition) is 3. The Balaban J connectivity index is 1.96. The third kappa shape index (κ3) is 5.07. The van der Waals surface area contributed by atoms with Gasteiger partial charge < -0.3 is 9.30 Å². The Morgan fingerprint density at radius 2 is 1.74 bits per heavy atom. The van der Waals surface area contributed by atoms with Crippen LogP contribution in [0.4, 0.5) is 10.1 Å². The molecule has 1 heterocycles. The van der Waals surface area contributed by atoms with Crippen LogP contribution in [0.25, 0.3) is 11.3 Å². The lowest BCUT2D eigenvalue weighted by atomic mass is 10.1. The Labute approximate surface area is 163 Å². The minimum Gasteiger partial charge on any atom is -0.497 e. The molecule has 2 aromatic carbocycles.